The fourth-order valence-electron chi connectivity index (χ4n) is 4.25. The smallest absolute Gasteiger partial charge is 0.287 e. The minimum absolute atomic E-state index is 0.170. The summed E-state index contributed by atoms with van der Waals surface area (Å²) in [6.45, 7) is 4.33. The normalized spacial score (nSPS) is 14.8. The molecule has 0 saturated carbocycles. The van der Waals surface area contributed by atoms with Crippen LogP contribution >= 0.6 is 0 Å². The molecular weight excluding hydrogens is 466 g/mol. The second kappa shape index (κ2) is 12.8. The largest absolute Gasteiger partial charge is 0.379 e. The number of carbonyl (C=O) groups is 3. The highest BCUT2D eigenvalue weighted by Gasteiger charge is 2.26. The number of nitrogens with zero attached hydrogens (tertiary/aromatic N) is 1. The average Bonchev–Trinajstić information content (AvgIpc) is 2.93. The molecule has 0 aliphatic carbocycles. The lowest BCUT2D eigenvalue weighted by Gasteiger charge is -2.26. The average molecular weight is 498 g/mol. The van der Waals surface area contributed by atoms with Gasteiger partial charge in [-0.05, 0) is 28.3 Å². The maximum absolute atomic E-state index is 13.2. The first-order valence-corrected chi connectivity index (χ1v) is 12.3. The van der Waals surface area contributed by atoms with Gasteiger partial charge in [0.1, 0.15) is 6.04 Å². The van der Waals surface area contributed by atoms with Gasteiger partial charge in [-0.3, -0.25) is 19.3 Å². The fourth-order valence-corrected chi connectivity index (χ4v) is 4.25. The summed E-state index contributed by atoms with van der Waals surface area (Å²) in [6, 6.07) is 23.6. The van der Waals surface area contributed by atoms with E-state index >= 15 is 0 Å². The topological polar surface area (TPSA) is 102 Å². The molecule has 37 heavy (non-hydrogen) atoms. The summed E-state index contributed by atoms with van der Waals surface area (Å²) in [6.07, 6.45) is 3.98. The van der Waals surface area contributed by atoms with E-state index in [0.717, 1.165) is 44.0 Å². The van der Waals surface area contributed by atoms with E-state index in [4.69, 9.17) is 10.5 Å². The van der Waals surface area contributed by atoms with Gasteiger partial charge in [-0.15, -0.1) is 0 Å². The van der Waals surface area contributed by atoms with E-state index in [1.54, 1.807) is 12.1 Å². The van der Waals surface area contributed by atoms with E-state index in [1.807, 2.05) is 54.6 Å². The molecule has 3 aromatic carbocycles. The molecule has 1 atom stereocenters. The van der Waals surface area contributed by atoms with Gasteiger partial charge in [0.15, 0.2) is 0 Å². The summed E-state index contributed by atoms with van der Waals surface area (Å²) in [7, 11) is 0. The van der Waals surface area contributed by atoms with Gasteiger partial charge in [-0.2, -0.15) is 0 Å². The van der Waals surface area contributed by atoms with Crippen molar-refractivity contribution in [2.75, 3.05) is 26.3 Å². The molecule has 7 heteroatoms. The van der Waals surface area contributed by atoms with Crippen LogP contribution in [0.3, 0.4) is 0 Å². The standard InChI is InChI=1S/C30H31N3O4/c31-29(35)28(34)27(20-23-6-2-1-3-7-23)32-30(36)26-9-5-4-8-25(26)15-14-22-10-12-24(13-11-22)21-33-16-18-37-19-17-33/h1-15,27H,16-21H2,(H2,31,35)(H,32,36)/b15-14+. The number of nitrogens with two attached hydrogens (primary N) is 1. The van der Waals surface area contributed by atoms with Crippen LogP contribution in [0.25, 0.3) is 12.2 Å². The number of hydrogen-bond donors (Lipinski definition) is 2. The van der Waals surface area contributed by atoms with Crippen LogP contribution in [0.5, 0.6) is 0 Å². The Labute approximate surface area is 216 Å². The van der Waals surface area contributed by atoms with Gasteiger partial charge in [-0.25, -0.2) is 0 Å². The molecule has 0 spiro atoms. The number of rotatable bonds is 10. The van der Waals surface area contributed by atoms with Crippen molar-refractivity contribution in [3.05, 3.63) is 107 Å². The third-order valence-corrected chi connectivity index (χ3v) is 6.30. The number of amides is 2. The second-order valence-corrected chi connectivity index (χ2v) is 8.99. The highest BCUT2D eigenvalue weighted by molar-refractivity contribution is 6.38. The van der Waals surface area contributed by atoms with E-state index in [-0.39, 0.29) is 6.42 Å². The van der Waals surface area contributed by atoms with Crippen LogP contribution in [0.1, 0.15) is 32.6 Å². The second-order valence-electron chi connectivity index (χ2n) is 8.99. The Hall–Kier alpha value is -4.07. The van der Waals surface area contributed by atoms with Crippen LogP contribution in [0.4, 0.5) is 0 Å². The molecule has 3 N–H and O–H groups in total. The molecule has 7 nitrogen and oxygen atoms in total. The Morgan fingerprint density at radius 3 is 2.24 bits per heavy atom. The maximum atomic E-state index is 13.2. The van der Waals surface area contributed by atoms with E-state index in [0.29, 0.717) is 11.1 Å². The summed E-state index contributed by atoms with van der Waals surface area (Å²) in [5, 5.41) is 2.71. The zero-order valence-corrected chi connectivity index (χ0v) is 20.6. The van der Waals surface area contributed by atoms with Crippen molar-refractivity contribution in [2.45, 2.75) is 19.0 Å². The van der Waals surface area contributed by atoms with Crippen molar-refractivity contribution in [3.8, 4) is 0 Å². The highest BCUT2D eigenvalue weighted by Crippen LogP contribution is 2.16. The third kappa shape index (κ3) is 7.46. The lowest BCUT2D eigenvalue weighted by molar-refractivity contribution is -0.137. The molecule has 0 aromatic heterocycles. The van der Waals surface area contributed by atoms with Gasteiger partial charge >= 0.3 is 0 Å². The van der Waals surface area contributed by atoms with E-state index < -0.39 is 23.6 Å². The number of ketones is 1. The molecule has 190 valence electrons. The number of primary amides is 1. The number of hydrogen-bond acceptors (Lipinski definition) is 5. The number of benzene rings is 3. The van der Waals surface area contributed by atoms with Crippen molar-refractivity contribution in [1.29, 1.82) is 0 Å². The summed E-state index contributed by atoms with van der Waals surface area (Å²) in [4.78, 5) is 39.6. The predicted octanol–water partition coefficient (Wildman–Crippen LogP) is 3.08. The van der Waals surface area contributed by atoms with E-state index in [9.17, 15) is 14.4 Å². The van der Waals surface area contributed by atoms with Crippen molar-refractivity contribution in [1.82, 2.24) is 10.2 Å². The molecule has 1 fully saturated rings. The molecule has 1 aliphatic rings. The minimum Gasteiger partial charge on any atom is -0.379 e. The van der Waals surface area contributed by atoms with Crippen LogP contribution in [0.15, 0.2) is 78.9 Å². The Balaban J connectivity index is 1.45. The highest BCUT2D eigenvalue weighted by atomic mass is 16.5. The van der Waals surface area contributed by atoms with Crippen LogP contribution in [0, 0.1) is 0 Å². The summed E-state index contributed by atoms with van der Waals surface area (Å²) in [5.41, 5.74) is 9.41. The van der Waals surface area contributed by atoms with E-state index in [1.165, 1.54) is 5.56 Å². The summed E-state index contributed by atoms with van der Waals surface area (Å²) >= 11 is 0. The SMILES string of the molecule is NC(=O)C(=O)C(Cc1ccccc1)NC(=O)c1ccccc1/C=C/c1ccc(CN2CCOCC2)cc1. The predicted molar refractivity (Wildman–Crippen MR) is 144 cm³/mol. The molecule has 0 radical (unpaired) electrons. The quantitative estimate of drug-likeness (QED) is 0.331. The molecule has 1 saturated heterocycles. The molecule has 2 amide bonds. The summed E-state index contributed by atoms with van der Waals surface area (Å²) < 4.78 is 5.41. The molecule has 0 bridgehead atoms. The van der Waals surface area contributed by atoms with Crippen molar-refractivity contribution < 1.29 is 19.1 Å². The Kier molecular flexibility index (Phi) is 8.97. The van der Waals surface area contributed by atoms with Crippen molar-refractivity contribution in [2.24, 2.45) is 5.73 Å². The minimum atomic E-state index is -1.08. The Bertz CT molecular complexity index is 1250. The molecule has 4 rings (SSSR count). The molecule has 1 unspecified atom stereocenters. The molecule has 3 aromatic rings. The van der Waals surface area contributed by atoms with Crippen molar-refractivity contribution in [3.63, 3.8) is 0 Å². The van der Waals surface area contributed by atoms with Gasteiger partial charge in [0.25, 0.3) is 11.8 Å². The van der Waals surface area contributed by atoms with E-state index in [2.05, 4.69) is 34.5 Å². The summed E-state index contributed by atoms with van der Waals surface area (Å²) in [5.74, 6) is -2.36. The van der Waals surface area contributed by atoms with Crippen LogP contribution in [-0.2, 0) is 27.3 Å². The molecular formula is C30H31N3O4. The van der Waals surface area contributed by atoms with Gasteiger partial charge < -0.3 is 15.8 Å². The number of morpholine rings is 1. The maximum Gasteiger partial charge on any atom is 0.287 e. The van der Waals surface area contributed by atoms with Crippen LogP contribution < -0.4 is 11.1 Å². The van der Waals surface area contributed by atoms with Crippen LogP contribution in [-0.4, -0.2) is 54.8 Å². The third-order valence-electron chi connectivity index (χ3n) is 6.30. The van der Waals surface area contributed by atoms with Gasteiger partial charge in [-0.1, -0.05) is 84.9 Å². The fraction of sp³-hybridized carbons (Fsp3) is 0.233. The first kappa shape index (κ1) is 26.0. The van der Waals surface area contributed by atoms with Gasteiger partial charge in [0.2, 0.25) is 5.78 Å². The Morgan fingerprint density at radius 2 is 1.54 bits per heavy atom. The van der Waals surface area contributed by atoms with Gasteiger partial charge in [0, 0.05) is 31.6 Å². The van der Waals surface area contributed by atoms with Gasteiger partial charge in [0.05, 0.1) is 13.2 Å². The number of Topliss-reactive ketones (excluding diaryl/α,β-unsaturated/α-hetero) is 1. The number of nitrogens with one attached hydrogen (secondary N) is 1. The number of carbonyl (C=O) groups excluding carboxylic acids is 3. The number of ether oxygens (including phenoxy) is 1. The van der Waals surface area contributed by atoms with Crippen molar-refractivity contribution >= 4 is 29.7 Å². The first-order chi connectivity index (χ1) is 18.0. The molecule has 1 heterocycles. The lowest BCUT2D eigenvalue weighted by atomic mass is 10.00. The Morgan fingerprint density at radius 1 is 0.865 bits per heavy atom. The molecule has 1 aliphatic heterocycles. The lowest BCUT2D eigenvalue weighted by Crippen LogP contribution is -2.47. The van der Waals surface area contributed by atoms with Crippen LogP contribution in [0.2, 0.25) is 0 Å². The zero-order valence-electron chi connectivity index (χ0n) is 20.6. The zero-order chi connectivity index (χ0) is 26.0. The first-order valence-electron chi connectivity index (χ1n) is 12.3. The monoisotopic (exact) mass is 497 g/mol.